The van der Waals surface area contributed by atoms with Crippen LogP contribution in [-0.2, 0) is 6.54 Å². The normalized spacial score (nSPS) is 29.2. The van der Waals surface area contributed by atoms with E-state index < -0.39 is 0 Å². The van der Waals surface area contributed by atoms with Crippen LogP contribution in [-0.4, -0.2) is 22.5 Å². The minimum Gasteiger partial charge on any atom is -0.358 e. The van der Waals surface area contributed by atoms with E-state index in [1.54, 1.807) is 0 Å². The van der Waals surface area contributed by atoms with Gasteiger partial charge in [0.1, 0.15) is 0 Å². The fraction of sp³-hybridized carbons (Fsp3) is 0.571. The standard InChI is InChI=1S/C21H28N2O/c1-14-17(19(24)16-7-5-6-8-18(16)22-14)11-23-13-21(4)10-15(23)9-20(2,3)12-21/h5-8,15H,9-13H2,1-4H3,(H,22,24)/t15-,21-/m0/s1. The van der Waals surface area contributed by atoms with Crippen LogP contribution < -0.4 is 5.43 Å². The molecule has 0 spiro atoms. The zero-order valence-electron chi connectivity index (χ0n) is 15.3. The average molecular weight is 324 g/mol. The summed E-state index contributed by atoms with van der Waals surface area (Å²) < 4.78 is 0. The van der Waals surface area contributed by atoms with Crippen molar-refractivity contribution >= 4 is 10.9 Å². The lowest BCUT2D eigenvalue weighted by molar-refractivity contribution is 0.126. The topological polar surface area (TPSA) is 36.1 Å². The highest BCUT2D eigenvalue weighted by molar-refractivity contribution is 5.79. The van der Waals surface area contributed by atoms with Crippen LogP contribution in [0.4, 0.5) is 0 Å². The number of aromatic nitrogens is 1. The van der Waals surface area contributed by atoms with Crippen molar-refractivity contribution < 1.29 is 0 Å². The molecule has 1 aromatic heterocycles. The second-order valence-electron chi connectivity index (χ2n) is 9.22. The van der Waals surface area contributed by atoms with Crippen molar-refractivity contribution in [1.29, 1.82) is 0 Å². The number of para-hydroxylation sites is 1. The molecular weight excluding hydrogens is 296 g/mol. The Morgan fingerprint density at radius 1 is 1.21 bits per heavy atom. The van der Waals surface area contributed by atoms with Crippen LogP contribution in [0.5, 0.6) is 0 Å². The highest BCUT2D eigenvalue weighted by atomic mass is 16.1. The van der Waals surface area contributed by atoms with E-state index in [0.717, 1.165) is 35.2 Å². The van der Waals surface area contributed by atoms with Gasteiger partial charge in [-0.25, -0.2) is 0 Å². The van der Waals surface area contributed by atoms with Gasteiger partial charge in [0.2, 0.25) is 0 Å². The number of pyridine rings is 1. The molecular formula is C21H28N2O. The van der Waals surface area contributed by atoms with Crippen molar-refractivity contribution in [3.05, 3.63) is 45.7 Å². The number of likely N-dealkylation sites (tertiary alicyclic amines) is 1. The van der Waals surface area contributed by atoms with Gasteiger partial charge in [0, 0.05) is 41.3 Å². The predicted octanol–water partition coefficient (Wildman–Crippen LogP) is 4.24. The van der Waals surface area contributed by atoms with E-state index in [9.17, 15) is 4.79 Å². The summed E-state index contributed by atoms with van der Waals surface area (Å²) in [7, 11) is 0. The predicted molar refractivity (Wildman–Crippen MR) is 99.2 cm³/mol. The summed E-state index contributed by atoms with van der Waals surface area (Å²) in [4.78, 5) is 19.0. The number of nitrogens with one attached hydrogen (secondary N) is 1. The zero-order valence-corrected chi connectivity index (χ0v) is 15.3. The fourth-order valence-electron chi connectivity index (χ4n) is 5.56. The van der Waals surface area contributed by atoms with Gasteiger partial charge in [-0.15, -0.1) is 0 Å². The summed E-state index contributed by atoms with van der Waals surface area (Å²) in [5, 5.41) is 0.812. The molecule has 2 fully saturated rings. The summed E-state index contributed by atoms with van der Waals surface area (Å²) in [5.41, 5.74) is 3.93. The van der Waals surface area contributed by atoms with Crippen molar-refractivity contribution in [3.63, 3.8) is 0 Å². The largest absolute Gasteiger partial charge is 0.358 e. The van der Waals surface area contributed by atoms with E-state index in [0.29, 0.717) is 16.9 Å². The highest BCUT2D eigenvalue weighted by Crippen LogP contribution is 2.52. The Hall–Kier alpha value is -1.61. The molecule has 1 aliphatic carbocycles. The lowest BCUT2D eigenvalue weighted by Crippen LogP contribution is -2.35. The summed E-state index contributed by atoms with van der Waals surface area (Å²) in [6.45, 7) is 11.2. The molecule has 2 aliphatic rings. The number of aromatic amines is 1. The third kappa shape index (κ3) is 2.59. The monoisotopic (exact) mass is 324 g/mol. The molecule has 1 aromatic carbocycles. The Kier molecular flexibility index (Phi) is 3.44. The first-order chi connectivity index (χ1) is 11.3. The van der Waals surface area contributed by atoms with Gasteiger partial charge in [-0.1, -0.05) is 32.9 Å². The van der Waals surface area contributed by atoms with Crippen molar-refractivity contribution in [2.45, 2.75) is 59.5 Å². The number of nitrogens with zero attached hydrogens (tertiary/aromatic N) is 1. The Balaban J connectivity index is 1.70. The third-order valence-electron chi connectivity index (χ3n) is 6.10. The Morgan fingerprint density at radius 3 is 2.75 bits per heavy atom. The second kappa shape index (κ2) is 5.19. The van der Waals surface area contributed by atoms with Gasteiger partial charge in [-0.3, -0.25) is 9.69 Å². The fourth-order valence-corrected chi connectivity index (χ4v) is 5.56. The van der Waals surface area contributed by atoms with Crippen LogP contribution in [0.15, 0.2) is 29.1 Å². The molecule has 3 heteroatoms. The van der Waals surface area contributed by atoms with Gasteiger partial charge in [-0.05, 0) is 49.1 Å². The average Bonchev–Trinajstić information content (AvgIpc) is 2.72. The number of fused-ring (bicyclic) bond motifs is 3. The number of hydrogen-bond acceptors (Lipinski definition) is 2. The molecule has 4 rings (SSSR count). The zero-order chi connectivity index (χ0) is 17.1. The molecule has 2 atom stereocenters. The number of H-pyrrole nitrogens is 1. The molecule has 1 saturated heterocycles. The molecule has 3 nitrogen and oxygen atoms in total. The smallest absolute Gasteiger partial charge is 0.194 e. The van der Waals surface area contributed by atoms with Crippen LogP contribution in [0.2, 0.25) is 0 Å². The highest BCUT2D eigenvalue weighted by Gasteiger charge is 2.49. The van der Waals surface area contributed by atoms with Gasteiger partial charge >= 0.3 is 0 Å². The SMILES string of the molecule is Cc1[nH]c2ccccc2c(=O)c1CN1C[C@@]2(C)C[C@@H]1CC(C)(C)C2. The molecule has 0 unspecified atom stereocenters. The molecule has 1 saturated carbocycles. The van der Waals surface area contributed by atoms with Crippen LogP contribution in [0.25, 0.3) is 10.9 Å². The number of hydrogen-bond donors (Lipinski definition) is 1. The molecule has 2 aromatic rings. The van der Waals surface area contributed by atoms with E-state index in [1.807, 2.05) is 31.2 Å². The van der Waals surface area contributed by atoms with Gasteiger partial charge < -0.3 is 4.98 Å². The van der Waals surface area contributed by atoms with Crippen molar-refractivity contribution in [1.82, 2.24) is 9.88 Å². The second-order valence-corrected chi connectivity index (χ2v) is 9.22. The van der Waals surface area contributed by atoms with Crippen LogP contribution in [0.3, 0.4) is 0 Å². The Bertz CT molecular complexity index is 851. The Labute approximate surface area is 144 Å². The van der Waals surface area contributed by atoms with E-state index >= 15 is 0 Å². The van der Waals surface area contributed by atoms with Crippen LogP contribution in [0, 0.1) is 17.8 Å². The van der Waals surface area contributed by atoms with Gasteiger partial charge in [-0.2, -0.15) is 0 Å². The minimum absolute atomic E-state index is 0.202. The van der Waals surface area contributed by atoms with Gasteiger partial charge in [0.15, 0.2) is 5.43 Å². The molecule has 2 bridgehead atoms. The first-order valence-electron chi connectivity index (χ1n) is 9.11. The minimum atomic E-state index is 0.202. The van der Waals surface area contributed by atoms with E-state index in [2.05, 4.69) is 30.7 Å². The van der Waals surface area contributed by atoms with E-state index in [-0.39, 0.29) is 5.43 Å². The summed E-state index contributed by atoms with van der Waals surface area (Å²) in [6, 6.07) is 8.46. The van der Waals surface area contributed by atoms with Gasteiger partial charge in [0.25, 0.3) is 0 Å². The first-order valence-corrected chi connectivity index (χ1v) is 9.11. The number of aryl methyl sites for hydroxylation is 1. The van der Waals surface area contributed by atoms with Crippen molar-refractivity contribution in [2.24, 2.45) is 10.8 Å². The maximum Gasteiger partial charge on any atom is 0.194 e. The molecule has 1 N–H and O–H groups in total. The third-order valence-corrected chi connectivity index (χ3v) is 6.10. The van der Waals surface area contributed by atoms with E-state index in [4.69, 9.17) is 0 Å². The summed E-state index contributed by atoms with van der Waals surface area (Å²) in [5.74, 6) is 0. The van der Waals surface area contributed by atoms with Crippen molar-refractivity contribution in [3.8, 4) is 0 Å². The maximum absolute atomic E-state index is 13.0. The molecule has 128 valence electrons. The molecule has 2 heterocycles. The molecule has 24 heavy (non-hydrogen) atoms. The number of rotatable bonds is 2. The molecule has 0 amide bonds. The van der Waals surface area contributed by atoms with Crippen molar-refractivity contribution in [2.75, 3.05) is 6.54 Å². The summed E-state index contributed by atoms with van der Waals surface area (Å²) in [6.07, 6.45) is 3.81. The summed E-state index contributed by atoms with van der Waals surface area (Å²) >= 11 is 0. The first kappa shape index (κ1) is 15.9. The van der Waals surface area contributed by atoms with Crippen LogP contribution in [0.1, 0.15) is 51.3 Å². The quantitative estimate of drug-likeness (QED) is 0.897. The van der Waals surface area contributed by atoms with E-state index in [1.165, 1.54) is 19.3 Å². The lowest BCUT2D eigenvalue weighted by atomic mass is 9.65. The molecule has 1 aliphatic heterocycles. The van der Waals surface area contributed by atoms with Gasteiger partial charge in [0.05, 0.1) is 0 Å². The lowest BCUT2D eigenvalue weighted by Gasteiger charge is -2.40. The van der Waals surface area contributed by atoms with Crippen LogP contribution >= 0.6 is 0 Å². The Morgan fingerprint density at radius 2 is 1.96 bits per heavy atom. The molecule has 0 radical (unpaired) electrons. The number of benzene rings is 1. The maximum atomic E-state index is 13.0.